The van der Waals surface area contributed by atoms with E-state index in [1.165, 1.54) is 100 Å². The van der Waals surface area contributed by atoms with Gasteiger partial charge in [0.25, 0.3) is 0 Å². The Bertz CT molecular complexity index is 4960. The minimum Gasteiger partial charge on any atom is -0.457 e. The highest BCUT2D eigenvalue weighted by Crippen LogP contribution is 2.82. The lowest BCUT2D eigenvalue weighted by molar-refractivity contribution is 0.258. The molecule has 0 N–H and O–H groups in total. The van der Waals surface area contributed by atoms with Gasteiger partial charge in [-0.15, -0.1) is 0 Å². The van der Waals surface area contributed by atoms with Gasteiger partial charge >= 0.3 is 0 Å². The second-order valence-electron chi connectivity index (χ2n) is 25.6. The third-order valence-electron chi connectivity index (χ3n) is 20.9. The Morgan fingerprint density at radius 2 is 0.953 bits per heavy atom. The summed E-state index contributed by atoms with van der Waals surface area (Å²) in [5.74, 6) is 2.76. The lowest BCUT2D eigenvalue weighted by Crippen LogP contribution is -2.64. The molecule has 5 heteroatoms. The van der Waals surface area contributed by atoms with Crippen molar-refractivity contribution in [3.63, 3.8) is 0 Å². The molecule has 3 unspecified atom stereocenters. The summed E-state index contributed by atoms with van der Waals surface area (Å²) < 4.78 is 9.34. The Kier molecular flexibility index (Phi) is 9.52. The maximum absolute atomic E-state index is 7.05. The van der Waals surface area contributed by atoms with E-state index >= 15 is 0 Å². The summed E-state index contributed by atoms with van der Waals surface area (Å²) in [6, 6.07) is 101. The summed E-state index contributed by atoms with van der Waals surface area (Å²) in [7, 11) is 0. The first kappa shape index (κ1) is 48.2. The molecule has 11 aromatic carbocycles. The molecule has 408 valence electrons. The molecule has 2 aromatic heterocycles. The average Bonchev–Trinajstić information content (AvgIpc) is 1.35. The monoisotopic (exact) mass is 1100 g/mol. The molecule has 7 aliphatic rings. The first-order valence-electron chi connectivity index (χ1n) is 30.4. The summed E-state index contributed by atoms with van der Waals surface area (Å²) >= 11 is 0. The fourth-order valence-electron chi connectivity index (χ4n) is 17.8. The number of anilines is 4. The van der Waals surface area contributed by atoms with Crippen molar-refractivity contribution in [2.45, 2.75) is 54.3 Å². The molecule has 0 radical (unpaired) electrons. The van der Waals surface area contributed by atoms with Crippen molar-refractivity contribution in [2.24, 2.45) is 0 Å². The van der Waals surface area contributed by atoms with Crippen LogP contribution in [0.25, 0.3) is 27.6 Å². The third-order valence-corrected chi connectivity index (χ3v) is 20.9. The van der Waals surface area contributed by atoms with Crippen molar-refractivity contribution in [3.05, 3.63) is 357 Å². The highest BCUT2D eigenvalue weighted by molar-refractivity contribution is 6.09. The van der Waals surface area contributed by atoms with Crippen molar-refractivity contribution < 1.29 is 4.74 Å². The van der Waals surface area contributed by atoms with Crippen LogP contribution in [0.3, 0.4) is 0 Å². The van der Waals surface area contributed by atoms with Crippen molar-refractivity contribution in [1.82, 2.24) is 9.55 Å². The van der Waals surface area contributed by atoms with Gasteiger partial charge in [-0.05, 0) is 143 Å². The smallest absolute Gasteiger partial charge is 0.137 e. The number of para-hydroxylation sites is 4. The van der Waals surface area contributed by atoms with Crippen molar-refractivity contribution in [1.29, 1.82) is 0 Å². The number of fused-ring (bicyclic) bond motifs is 11. The molecule has 13 aromatic rings. The molecule has 1 spiro atoms. The van der Waals surface area contributed by atoms with Gasteiger partial charge in [-0.25, -0.2) is 4.98 Å². The Balaban J connectivity index is 0.825. The quantitative estimate of drug-likeness (QED) is 0.159. The number of rotatable bonds is 7. The molecule has 1 aliphatic heterocycles. The third kappa shape index (κ3) is 5.79. The van der Waals surface area contributed by atoms with Crippen LogP contribution in [0.2, 0.25) is 0 Å². The summed E-state index contributed by atoms with van der Waals surface area (Å²) in [4.78, 5) is 10.2. The molecule has 2 bridgehead atoms. The molecule has 0 amide bonds. The lowest BCUT2D eigenvalue weighted by atomic mass is 9.35. The molecule has 3 atom stereocenters. The van der Waals surface area contributed by atoms with Crippen molar-refractivity contribution >= 4 is 44.6 Å². The van der Waals surface area contributed by atoms with E-state index in [0.717, 1.165) is 45.1 Å². The highest BCUT2D eigenvalue weighted by Gasteiger charge is 2.78. The molecule has 3 heterocycles. The number of ether oxygens (including phenoxy) is 1. The highest BCUT2D eigenvalue weighted by atomic mass is 16.5. The zero-order valence-electron chi connectivity index (χ0n) is 48.0. The van der Waals surface area contributed by atoms with Gasteiger partial charge < -0.3 is 14.5 Å². The van der Waals surface area contributed by atoms with Crippen LogP contribution in [0.4, 0.5) is 22.7 Å². The van der Waals surface area contributed by atoms with Crippen LogP contribution >= 0.6 is 0 Å². The Morgan fingerprint density at radius 1 is 0.419 bits per heavy atom. The predicted octanol–water partition coefficient (Wildman–Crippen LogP) is 18.8. The summed E-state index contributed by atoms with van der Waals surface area (Å²) in [5.41, 5.74) is 25.9. The minimum absolute atomic E-state index is 0.0338. The molecule has 0 saturated carbocycles. The molecule has 0 saturated heterocycles. The molecule has 5 nitrogen and oxygen atoms in total. The number of aromatic nitrogens is 2. The van der Waals surface area contributed by atoms with Crippen LogP contribution in [0, 0.1) is 0 Å². The van der Waals surface area contributed by atoms with Gasteiger partial charge in [0.05, 0.1) is 38.9 Å². The summed E-state index contributed by atoms with van der Waals surface area (Å²) in [6.07, 6.45) is 1.94. The van der Waals surface area contributed by atoms with Crippen LogP contribution in [-0.2, 0) is 21.7 Å². The Morgan fingerprint density at radius 3 is 1.66 bits per heavy atom. The summed E-state index contributed by atoms with van der Waals surface area (Å²) in [6.45, 7) is 7.33. The fourth-order valence-corrected chi connectivity index (χ4v) is 17.8. The van der Waals surface area contributed by atoms with E-state index in [2.05, 4.69) is 302 Å². The van der Waals surface area contributed by atoms with Gasteiger partial charge in [-0.2, -0.15) is 0 Å². The zero-order valence-corrected chi connectivity index (χ0v) is 48.0. The van der Waals surface area contributed by atoms with Gasteiger partial charge in [0.1, 0.15) is 24.0 Å². The Labute approximate surface area is 500 Å². The minimum atomic E-state index is -0.666. The van der Waals surface area contributed by atoms with E-state index in [1.807, 2.05) is 6.20 Å². The maximum Gasteiger partial charge on any atom is 0.137 e. The molecule has 86 heavy (non-hydrogen) atoms. The van der Waals surface area contributed by atoms with Gasteiger partial charge in [-0.3, -0.25) is 4.57 Å². The van der Waals surface area contributed by atoms with E-state index < -0.39 is 10.8 Å². The van der Waals surface area contributed by atoms with Crippen molar-refractivity contribution in [3.8, 4) is 17.3 Å². The fraction of sp³-hybridized carbons (Fsp3) is 0.123. The largest absolute Gasteiger partial charge is 0.457 e. The second-order valence-corrected chi connectivity index (χ2v) is 25.6. The standard InChI is InChI=1S/C81H58N4O/c1-78(2,3)50-44-45-82-74(46-50)85-70-39-17-9-24-54(70)55-43-42-53(48-73(55)85)86-52-23-20-22-51(47-52)83-49-84(72-41-19-18-40-71(72)83)77-68(79-61-30-10-4-25-56(61)75(57-26-5-11-31-62(57)79)58-27-6-12-32-63(58)79)37-21-38-69(77)80-64-33-13-7-28-59(64)76-60-29-8-14-34-65(60)81(76,80)67-36-16-15-35-66(67)80/h4-48,75-76H,49H2,1-3H3. The molecule has 20 rings (SSSR count). The molecular formula is C81H58N4O. The summed E-state index contributed by atoms with van der Waals surface area (Å²) in [5, 5.41) is 2.34. The average molecular weight is 1100 g/mol. The second kappa shape index (κ2) is 17.0. The SMILES string of the molecule is CC(C)(C)c1ccnc(-n2c3ccccc3c3ccc(Oc4cccc(N5CN(c6c(C78c9ccccc9C(c9ccccc97)c7ccccc78)cccc6C67c8ccccc8C8c9ccccc9C86c6ccccc67)c6ccccc65)c4)cc32)c1. The lowest BCUT2D eigenvalue weighted by Gasteiger charge is -2.66. The number of hydrogen-bond donors (Lipinski definition) is 0. The number of pyridine rings is 1. The Hall–Kier alpha value is -10.2. The van der Waals surface area contributed by atoms with Gasteiger partial charge in [-0.1, -0.05) is 221 Å². The van der Waals surface area contributed by atoms with Gasteiger partial charge in [0, 0.05) is 52.0 Å². The van der Waals surface area contributed by atoms with E-state index in [4.69, 9.17) is 9.72 Å². The van der Waals surface area contributed by atoms with E-state index in [9.17, 15) is 0 Å². The van der Waals surface area contributed by atoms with Crippen LogP contribution in [0.15, 0.2) is 273 Å². The first-order chi connectivity index (χ1) is 42.3. The zero-order chi connectivity index (χ0) is 56.8. The van der Waals surface area contributed by atoms with E-state index in [-0.39, 0.29) is 22.7 Å². The van der Waals surface area contributed by atoms with E-state index in [0.29, 0.717) is 6.67 Å². The number of benzene rings is 11. The van der Waals surface area contributed by atoms with Crippen LogP contribution in [-0.4, -0.2) is 16.2 Å². The maximum atomic E-state index is 7.05. The molecule has 0 fully saturated rings. The van der Waals surface area contributed by atoms with Gasteiger partial charge in [0.15, 0.2) is 0 Å². The van der Waals surface area contributed by atoms with E-state index in [1.54, 1.807) is 0 Å². The first-order valence-corrected chi connectivity index (χ1v) is 30.4. The predicted molar refractivity (Wildman–Crippen MR) is 347 cm³/mol. The number of nitrogens with zero attached hydrogens (tertiary/aromatic N) is 4. The van der Waals surface area contributed by atoms with Crippen molar-refractivity contribution in [2.75, 3.05) is 16.5 Å². The number of hydrogen-bond acceptors (Lipinski definition) is 4. The van der Waals surface area contributed by atoms with Crippen LogP contribution in [0.5, 0.6) is 11.5 Å². The van der Waals surface area contributed by atoms with Crippen LogP contribution < -0.4 is 14.5 Å². The normalized spacial score (nSPS) is 21.0. The topological polar surface area (TPSA) is 33.5 Å². The molecular weight excluding hydrogens is 1040 g/mol. The van der Waals surface area contributed by atoms with Gasteiger partial charge in [0.2, 0.25) is 0 Å². The van der Waals surface area contributed by atoms with Crippen LogP contribution in [0.1, 0.15) is 116 Å². The molecule has 6 aliphatic carbocycles.